The van der Waals surface area contributed by atoms with Gasteiger partial charge in [0.1, 0.15) is 6.04 Å². The third-order valence-electron chi connectivity index (χ3n) is 5.70. The van der Waals surface area contributed by atoms with Crippen LogP contribution in [0.15, 0.2) is 54.6 Å². The number of hydrogen-bond donors (Lipinski definition) is 2. The van der Waals surface area contributed by atoms with E-state index in [2.05, 4.69) is 42.6 Å². The summed E-state index contributed by atoms with van der Waals surface area (Å²) in [5.74, 6) is 0.465. The molecule has 0 spiro atoms. The van der Waals surface area contributed by atoms with Crippen LogP contribution in [0.4, 0.5) is 0 Å². The molecule has 1 unspecified atom stereocenters. The van der Waals surface area contributed by atoms with Gasteiger partial charge in [-0.05, 0) is 36.5 Å². The number of aromatic nitrogens is 1. The predicted octanol–water partition coefficient (Wildman–Crippen LogP) is 3.33. The lowest BCUT2D eigenvalue weighted by atomic mass is 10.0. The number of hydrogen-bond acceptors (Lipinski definition) is 3. The molecule has 28 heavy (non-hydrogen) atoms. The average Bonchev–Trinajstić information content (AvgIpc) is 3.17. The molecule has 0 radical (unpaired) electrons. The SMILES string of the molecule is C[C@@H](CNC(=O)C[NH+]1CCCC[C@@H]1c1nc2ccccc2s1)c1ccccc1. The standard InChI is InChI=1S/C23H27N3OS/c1-17(18-9-3-2-4-10-18)15-24-22(27)16-26-14-8-7-12-20(26)23-25-19-11-5-6-13-21(19)28-23/h2-6,9-11,13,17,20H,7-8,12,14-16H2,1H3,(H,24,27)/p+1/t17-,20+/m0/s1. The highest BCUT2D eigenvalue weighted by Gasteiger charge is 2.31. The molecule has 2 heterocycles. The maximum absolute atomic E-state index is 12.6. The third-order valence-corrected chi connectivity index (χ3v) is 6.85. The zero-order valence-corrected chi connectivity index (χ0v) is 17.2. The van der Waals surface area contributed by atoms with Gasteiger partial charge in [-0.2, -0.15) is 0 Å². The zero-order chi connectivity index (χ0) is 19.3. The Bertz CT molecular complexity index is 891. The number of piperidine rings is 1. The molecule has 0 aliphatic carbocycles. The number of carbonyl (C=O) groups excluding carboxylic acids is 1. The number of amides is 1. The summed E-state index contributed by atoms with van der Waals surface area (Å²) in [5, 5.41) is 4.33. The summed E-state index contributed by atoms with van der Waals surface area (Å²) in [7, 11) is 0. The van der Waals surface area contributed by atoms with Crippen molar-refractivity contribution >= 4 is 27.5 Å². The van der Waals surface area contributed by atoms with Crippen LogP contribution in [0, 0.1) is 0 Å². The highest BCUT2D eigenvalue weighted by atomic mass is 32.1. The minimum atomic E-state index is 0.144. The van der Waals surface area contributed by atoms with Gasteiger partial charge in [0.05, 0.1) is 16.8 Å². The molecule has 1 aromatic heterocycles. The minimum absolute atomic E-state index is 0.144. The van der Waals surface area contributed by atoms with E-state index in [0.29, 0.717) is 25.0 Å². The van der Waals surface area contributed by atoms with Gasteiger partial charge >= 0.3 is 0 Å². The molecule has 1 amide bonds. The molecule has 2 N–H and O–H groups in total. The van der Waals surface area contributed by atoms with E-state index < -0.39 is 0 Å². The van der Waals surface area contributed by atoms with E-state index in [1.807, 2.05) is 24.3 Å². The quantitative estimate of drug-likeness (QED) is 0.674. The van der Waals surface area contributed by atoms with Crippen LogP contribution in [-0.2, 0) is 4.79 Å². The fraction of sp³-hybridized carbons (Fsp3) is 0.391. The van der Waals surface area contributed by atoms with Gasteiger partial charge in [0, 0.05) is 13.0 Å². The summed E-state index contributed by atoms with van der Waals surface area (Å²) in [6.07, 6.45) is 3.52. The van der Waals surface area contributed by atoms with Gasteiger partial charge in [0.15, 0.2) is 11.6 Å². The van der Waals surface area contributed by atoms with Crippen molar-refractivity contribution in [3.63, 3.8) is 0 Å². The lowest BCUT2D eigenvalue weighted by Gasteiger charge is -2.30. The van der Waals surface area contributed by atoms with E-state index in [1.165, 1.54) is 33.0 Å². The Hall–Kier alpha value is -2.24. The summed E-state index contributed by atoms with van der Waals surface area (Å²) < 4.78 is 1.24. The minimum Gasteiger partial charge on any atom is -0.351 e. The molecule has 1 aliphatic heterocycles. The molecule has 0 bridgehead atoms. The van der Waals surface area contributed by atoms with Crippen LogP contribution >= 0.6 is 11.3 Å². The van der Waals surface area contributed by atoms with Crippen LogP contribution in [0.2, 0.25) is 0 Å². The van der Waals surface area contributed by atoms with E-state index in [0.717, 1.165) is 18.5 Å². The first-order valence-electron chi connectivity index (χ1n) is 10.2. The van der Waals surface area contributed by atoms with Gasteiger partial charge < -0.3 is 10.2 Å². The summed E-state index contributed by atoms with van der Waals surface area (Å²) in [4.78, 5) is 18.9. The number of nitrogens with zero attached hydrogens (tertiary/aromatic N) is 1. The molecule has 2 aromatic carbocycles. The normalized spacial score (nSPS) is 20.8. The van der Waals surface area contributed by atoms with Crippen LogP contribution < -0.4 is 10.2 Å². The van der Waals surface area contributed by atoms with E-state index in [4.69, 9.17) is 4.98 Å². The zero-order valence-electron chi connectivity index (χ0n) is 16.4. The molecule has 1 fully saturated rings. The highest BCUT2D eigenvalue weighted by Crippen LogP contribution is 2.28. The number of likely N-dealkylation sites (tertiary alicyclic amines) is 1. The van der Waals surface area contributed by atoms with Crippen molar-refractivity contribution in [2.24, 2.45) is 0 Å². The molecule has 1 aliphatic rings. The Morgan fingerprint density at radius 2 is 1.96 bits per heavy atom. The number of benzene rings is 2. The summed E-state index contributed by atoms with van der Waals surface area (Å²) in [5.41, 5.74) is 2.34. The predicted molar refractivity (Wildman–Crippen MR) is 115 cm³/mol. The van der Waals surface area contributed by atoms with Crippen LogP contribution in [0.5, 0.6) is 0 Å². The van der Waals surface area contributed by atoms with Crippen molar-refractivity contribution in [3.05, 3.63) is 65.2 Å². The van der Waals surface area contributed by atoms with Gasteiger partial charge in [-0.15, -0.1) is 11.3 Å². The van der Waals surface area contributed by atoms with Crippen molar-refractivity contribution in [1.29, 1.82) is 0 Å². The number of para-hydroxylation sites is 1. The fourth-order valence-corrected chi connectivity index (χ4v) is 5.22. The Balaban J connectivity index is 1.38. The summed E-state index contributed by atoms with van der Waals surface area (Å²) >= 11 is 1.79. The average molecular weight is 395 g/mol. The number of quaternary nitrogens is 1. The maximum Gasteiger partial charge on any atom is 0.275 e. The van der Waals surface area contributed by atoms with Crippen molar-refractivity contribution < 1.29 is 9.69 Å². The van der Waals surface area contributed by atoms with E-state index in [-0.39, 0.29) is 5.91 Å². The second-order valence-electron chi connectivity index (χ2n) is 7.77. The monoisotopic (exact) mass is 394 g/mol. The number of thiazole rings is 1. The molecule has 3 atom stereocenters. The van der Waals surface area contributed by atoms with E-state index in [9.17, 15) is 4.79 Å². The van der Waals surface area contributed by atoms with E-state index in [1.54, 1.807) is 11.3 Å². The first-order chi connectivity index (χ1) is 13.7. The van der Waals surface area contributed by atoms with E-state index >= 15 is 0 Å². The van der Waals surface area contributed by atoms with Gasteiger partial charge in [0.2, 0.25) is 0 Å². The van der Waals surface area contributed by atoms with Crippen LogP contribution in [0.3, 0.4) is 0 Å². The molecular weight excluding hydrogens is 366 g/mol. The smallest absolute Gasteiger partial charge is 0.275 e. The summed E-state index contributed by atoms with van der Waals surface area (Å²) in [6.45, 7) is 4.42. The second-order valence-corrected chi connectivity index (χ2v) is 8.83. The van der Waals surface area contributed by atoms with Crippen molar-refractivity contribution in [3.8, 4) is 0 Å². The summed E-state index contributed by atoms with van der Waals surface area (Å²) in [6, 6.07) is 19.0. The third kappa shape index (κ3) is 4.42. The number of carbonyl (C=O) groups is 1. The van der Waals surface area contributed by atoms with Gasteiger partial charge in [-0.1, -0.05) is 49.4 Å². The fourth-order valence-electron chi connectivity index (χ4n) is 4.06. The number of rotatable bonds is 6. The molecule has 3 aromatic rings. The molecule has 4 nitrogen and oxygen atoms in total. The molecular formula is C23H28N3OS+. The first kappa shape index (κ1) is 19.1. The lowest BCUT2D eigenvalue weighted by molar-refractivity contribution is -0.929. The van der Waals surface area contributed by atoms with Crippen LogP contribution in [0.25, 0.3) is 10.2 Å². The topological polar surface area (TPSA) is 46.4 Å². The number of nitrogens with one attached hydrogen (secondary N) is 2. The Kier molecular flexibility index (Phi) is 6.03. The Morgan fingerprint density at radius 1 is 1.18 bits per heavy atom. The van der Waals surface area contributed by atoms with Crippen LogP contribution in [-0.4, -0.2) is 30.5 Å². The van der Waals surface area contributed by atoms with Crippen LogP contribution in [0.1, 0.15) is 48.7 Å². The lowest BCUT2D eigenvalue weighted by Crippen LogP contribution is -3.14. The van der Waals surface area contributed by atoms with Gasteiger partial charge in [0.25, 0.3) is 5.91 Å². The maximum atomic E-state index is 12.6. The number of fused-ring (bicyclic) bond motifs is 1. The highest BCUT2D eigenvalue weighted by molar-refractivity contribution is 7.18. The first-order valence-corrected chi connectivity index (χ1v) is 11.0. The molecule has 4 rings (SSSR count). The molecule has 146 valence electrons. The van der Waals surface area contributed by atoms with Gasteiger partial charge in [-0.25, -0.2) is 4.98 Å². The molecule has 5 heteroatoms. The molecule has 0 saturated carbocycles. The van der Waals surface area contributed by atoms with Gasteiger partial charge in [-0.3, -0.25) is 4.79 Å². The molecule has 1 saturated heterocycles. The van der Waals surface area contributed by atoms with Crippen molar-refractivity contribution in [2.45, 2.75) is 38.1 Å². The van der Waals surface area contributed by atoms with Crippen molar-refractivity contribution in [2.75, 3.05) is 19.6 Å². The second kappa shape index (κ2) is 8.84. The Labute approximate surface area is 170 Å². The Morgan fingerprint density at radius 3 is 2.79 bits per heavy atom. The van der Waals surface area contributed by atoms with Crippen molar-refractivity contribution in [1.82, 2.24) is 10.3 Å². The largest absolute Gasteiger partial charge is 0.351 e.